The van der Waals surface area contributed by atoms with Gasteiger partial charge in [0, 0.05) is 24.5 Å². The highest BCUT2D eigenvalue weighted by Gasteiger charge is 2.51. The first kappa shape index (κ1) is 14.8. The molecule has 1 saturated heterocycles. The number of carbonyl (C=O) groups excluding carboxylic acids is 1. The lowest BCUT2D eigenvalue weighted by Gasteiger charge is -2.52. The van der Waals surface area contributed by atoms with Gasteiger partial charge in [-0.25, -0.2) is 0 Å². The quantitative estimate of drug-likeness (QED) is 0.772. The summed E-state index contributed by atoms with van der Waals surface area (Å²) in [7, 11) is 0. The molecule has 1 aliphatic heterocycles. The van der Waals surface area contributed by atoms with E-state index < -0.39 is 0 Å². The zero-order chi connectivity index (χ0) is 13.8. The minimum absolute atomic E-state index is 0.0356. The fourth-order valence-corrected chi connectivity index (χ4v) is 3.38. The molecule has 0 aromatic heterocycles. The van der Waals surface area contributed by atoms with Crippen LogP contribution in [0.2, 0.25) is 0 Å². The maximum absolute atomic E-state index is 12.3. The maximum Gasteiger partial charge on any atom is 0.223 e. The van der Waals surface area contributed by atoms with E-state index in [1.807, 2.05) is 0 Å². The van der Waals surface area contributed by atoms with Crippen LogP contribution < -0.4 is 11.1 Å². The fraction of sp³-hybridized carbons (Fsp3) is 0.933. The van der Waals surface area contributed by atoms with Crippen molar-refractivity contribution >= 4 is 5.91 Å². The zero-order valence-electron chi connectivity index (χ0n) is 12.2. The van der Waals surface area contributed by atoms with Crippen LogP contribution in [0.1, 0.15) is 52.4 Å². The molecule has 5 atom stereocenters. The van der Waals surface area contributed by atoms with Crippen molar-refractivity contribution in [2.45, 2.75) is 70.6 Å². The first-order valence-electron chi connectivity index (χ1n) is 7.86. The van der Waals surface area contributed by atoms with Gasteiger partial charge in [0.1, 0.15) is 0 Å². The van der Waals surface area contributed by atoms with Crippen molar-refractivity contribution in [1.82, 2.24) is 5.32 Å². The summed E-state index contributed by atoms with van der Waals surface area (Å²) in [5, 5.41) is 3.14. The number of hydrogen-bond acceptors (Lipinski definition) is 3. The van der Waals surface area contributed by atoms with Gasteiger partial charge in [-0.1, -0.05) is 26.7 Å². The van der Waals surface area contributed by atoms with Crippen LogP contribution in [0.15, 0.2) is 0 Å². The zero-order valence-corrected chi connectivity index (χ0v) is 12.2. The second-order valence-corrected chi connectivity index (χ2v) is 6.00. The van der Waals surface area contributed by atoms with E-state index in [0.717, 1.165) is 45.1 Å². The molecule has 2 fully saturated rings. The Labute approximate surface area is 116 Å². The van der Waals surface area contributed by atoms with Gasteiger partial charge in [-0.05, 0) is 25.7 Å². The average Bonchev–Trinajstić information content (AvgIpc) is 2.45. The van der Waals surface area contributed by atoms with E-state index in [1.165, 1.54) is 0 Å². The molecule has 4 nitrogen and oxygen atoms in total. The summed E-state index contributed by atoms with van der Waals surface area (Å²) in [6.45, 7) is 5.06. The number of hydrogen-bond donors (Lipinski definition) is 2. The minimum Gasteiger partial charge on any atom is -0.376 e. The molecule has 110 valence electrons. The Morgan fingerprint density at radius 2 is 2.26 bits per heavy atom. The number of amides is 1. The van der Waals surface area contributed by atoms with Gasteiger partial charge in [-0.3, -0.25) is 4.79 Å². The Morgan fingerprint density at radius 3 is 2.95 bits per heavy atom. The molecule has 2 rings (SSSR count). The van der Waals surface area contributed by atoms with Gasteiger partial charge in [0.25, 0.3) is 0 Å². The highest BCUT2D eigenvalue weighted by molar-refractivity contribution is 5.79. The predicted molar refractivity (Wildman–Crippen MR) is 75.7 cm³/mol. The van der Waals surface area contributed by atoms with Crippen LogP contribution in [-0.2, 0) is 9.53 Å². The molecule has 4 heteroatoms. The van der Waals surface area contributed by atoms with Crippen LogP contribution in [0.4, 0.5) is 0 Å². The van der Waals surface area contributed by atoms with Gasteiger partial charge >= 0.3 is 0 Å². The van der Waals surface area contributed by atoms with Gasteiger partial charge in [0.05, 0.1) is 12.1 Å². The maximum atomic E-state index is 12.3. The second kappa shape index (κ2) is 6.71. The molecule has 0 aromatic carbocycles. The average molecular weight is 268 g/mol. The number of nitrogens with two attached hydrogens (primary N) is 1. The van der Waals surface area contributed by atoms with Crippen LogP contribution in [0.5, 0.6) is 0 Å². The fourth-order valence-electron chi connectivity index (χ4n) is 3.38. The summed E-state index contributed by atoms with van der Waals surface area (Å²) in [4.78, 5) is 12.3. The lowest BCUT2D eigenvalue weighted by molar-refractivity contribution is -0.142. The molecule has 1 saturated carbocycles. The molecule has 0 aromatic rings. The van der Waals surface area contributed by atoms with Gasteiger partial charge in [-0.2, -0.15) is 0 Å². The van der Waals surface area contributed by atoms with E-state index in [-0.39, 0.29) is 30.0 Å². The van der Waals surface area contributed by atoms with Crippen molar-refractivity contribution in [2.75, 3.05) is 6.61 Å². The van der Waals surface area contributed by atoms with Crippen molar-refractivity contribution in [3.63, 3.8) is 0 Å². The summed E-state index contributed by atoms with van der Waals surface area (Å²) in [5.41, 5.74) is 6.17. The molecule has 3 N–H and O–H groups in total. The molecular formula is C15H28N2O2. The monoisotopic (exact) mass is 268 g/mol. The molecule has 2 aliphatic rings. The van der Waals surface area contributed by atoms with E-state index in [0.29, 0.717) is 5.92 Å². The number of ether oxygens (including phenoxy) is 1. The molecule has 0 spiro atoms. The van der Waals surface area contributed by atoms with E-state index in [2.05, 4.69) is 19.2 Å². The molecule has 0 radical (unpaired) electrons. The minimum atomic E-state index is 0.0356. The predicted octanol–water partition coefficient (Wildman–Crippen LogP) is 1.82. The first-order valence-corrected chi connectivity index (χ1v) is 7.86. The molecule has 1 amide bonds. The van der Waals surface area contributed by atoms with E-state index in [4.69, 9.17) is 10.5 Å². The van der Waals surface area contributed by atoms with E-state index >= 15 is 0 Å². The number of carbonyl (C=O) groups is 1. The second-order valence-electron chi connectivity index (χ2n) is 6.00. The summed E-state index contributed by atoms with van der Waals surface area (Å²) in [6.07, 6.45) is 6.55. The topological polar surface area (TPSA) is 64.4 Å². The summed E-state index contributed by atoms with van der Waals surface area (Å²) in [6, 6.07) is 0.117. The van der Waals surface area contributed by atoms with Crippen molar-refractivity contribution in [3.05, 3.63) is 0 Å². The van der Waals surface area contributed by atoms with Crippen molar-refractivity contribution in [1.29, 1.82) is 0 Å². The van der Waals surface area contributed by atoms with Crippen molar-refractivity contribution < 1.29 is 9.53 Å². The first-order chi connectivity index (χ1) is 9.19. The lowest BCUT2D eigenvalue weighted by Crippen LogP contribution is -2.72. The third kappa shape index (κ3) is 3.11. The normalized spacial score (nSPS) is 35.1. The highest BCUT2D eigenvalue weighted by atomic mass is 16.5. The number of rotatable bonds is 6. The standard InChI is InChI=1S/C15H28N2O2/c1-3-5-7-10(4-2)15(18)17-13-12(16)11-8-6-9-19-14(11)13/h10-14H,3-9,16H2,1-2H3,(H,17,18). The number of nitrogens with one attached hydrogen (secondary N) is 1. The molecule has 1 aliphatic carbocycles. The van der Waals surface area contributed by atoms with Gasteiger partial charge in [0.2, 0.25) is 5.91 Å². The van der Waals surface area contributed by atoms with E-state index in [1.54, 1.807) is 0 Å². The third-order valence-corrected chi connectivity index (χ3v) is 4.76. The molecule has 1 heterocycles. The molecule has 0 bridgehead atoms. The van der Waals surface area contributed by atoms with Crippen LogP contribution in [-0.4, -0.2) is 30.7 Å². The molecule has 5 unspecified atom stereocenters. The Balaban J connectivity index is 1.84. The summed E-state index contributed by atoms with van der Waals surface area (Å²) >= 11 is 0. The SMILES string of the molecule is CCCCC(CC)C(=O)NC1C(N)C2CCCOC21. The highest BCUT2D eigenvalue weighted by Crippen LogP contribution is 2.37. The lowest BCUT2D eigenvalue weighted by atomic mass is 9.68. The summed E-state index contributed by atoms with van der Waals surface area (Å²) < 4.78 is 5.76. The van der Waals surface area contributed by atoms with Gasteiger partial charge in [-0.15, -0.1) is 0 Å². The van der Waals surface area contributed by atoms with Crippen LogP contribution in [0.3, 0.4) is 0 Å². The number of fused-ring (bicyclic) bond motifs is 1. The third-order valence-electron chi connectivity index (χ3n) is 4.76. The molecule has 19 heavy (non-hydrogen) atoms. The smallest absolute Gasteiger partial charge is 0.223 e. The Bertz CT molecular complexity index is 309. The Morgan fingerprint density at radius 1 is 1.47 bits per heavy atom. The van der Waals surface area contributed by atoms with Crippen LogP contribution in [0.25, 0.3) is 0 Å². The van der Waals surface area contributed by atoms with Gasteiger partial charge in [0.15, 0.2) is 0 Å². The Hall–Kier alpha value is -0.610. The van der Waals surface area contributed by atoms with Crippen LogP contribution in [0, 0.1) is 11.8 Å². The van der Waals surface area contributed by atoms with Crippen molar-refractivity contribution in [2.24, 2.45) is 17.6 Å². The van der Waals surface area contributed by atoms with E-state index in [9.17, 15) is 4.79 Å². The Kier molecular flexibility index (Phi) is 5.22. The largest absolute Gasteiger partial charge is 0.376 e. The van der Waals surface area contributed by atoms with Gasteiger partial charge < -0.3 is 15.8 Å². The van der Waals surface area contributed by atoms with Crippen LogP contribution >= 0.6 is 0 Å². The summed E-state index contributed by atoms with van der Waals surface area (Å²) in [5.74, 6) is 0.758. The van der Waals surface area contributed by atoms with Crippen molar-refractivity contribution in [3.8, 4) is 0 Å². The molecular weight excluding hydrogens is 240 g/mol. The number of unbranched alkanes of at least 4 members (excludes halogenated alkanes) is 1.